The third kappa shape index (κ3) is 4.26. The largest absolute Gasteiger partial charge is 0.368 e. The average Bonchev–Trinajstić information content (AvgIpc) is 2.17. The van der Waals surface area contributed by atoms with E-state index >= 15 is 0 Å². The predicted octanol–water partition coefficient (Wildman–Crippen LogP) is 0.0798. The summed E-state index contributed by atoms with van der Waals surface area (Å²) in [7, 11) is 0. The zero-order chi connectivity index (χ0) is 11.3. The van der Waals surface area contributed by atoms with Gasteiger partial charge in [0.05, 0.1) is 6.04 Å². The van der Waals surface area contributed by atoms with Crippen LogP contribution < -0.4 is 11.5 Å². The summed E-state index contributed by atoms with van der Waals surface area (Å²) < 4.78 is 0. The van der Waals surface area contributed by atoms with E-state index in [0.717, 1.165) is 5.69 Å². The van der Waals surface area contributed by atoms with Crippen molar-refractivity contribution in [2.24, 2.45) is 11.5 Å². The van der Waals surface area contributed by atoms with Gasteiger partial charge in [0.1, 0.15) is 0 Å². The number of nitrogens with two attached hydrogens (primary N) is 2. The average molecular weight is 226 g/mol. The van der Waals surface area contributed by atoms with E-state index in [1.807, 2.05) is 13.0 Å². The fourth-order valence-electron chi connectivity index (χ4n) is 0.915. The van der Waals surface area contributed by atoms with Gasteiger partial charge in [-0.3, -0.25) is 4.79 Å². The van der Waals surface area contributed by atoms with Crippen LogP contribution in [0.2, 0.25) is 0 Å². The molecule has 1 heterocycles. The van der Waals surface area contributed by atoms with Crippen LogP contribution in [0, 0.1) is 6.92 Å². The highest BCUT2D eigenvalue weighted by molar-refractivity contribution is 7.99. The topological polar surface area (TPSA) is 94.9 Å². The van der Waals surface area contributed by atoms with Gasteiger partial charge in [-0.1, -0.05) is 11.8 Å². The SMILES string of the molecule is Cc1ccnc(SCCC(N)C(N)=O)n1. The van der Waals surface area contributed by atoms with Crippen LogP contribution in [-0.2, 0) is 4.79 Å². The van der Waals surface area contributed by atoms with Crippen molar-refractivity contribution in [3.63, 3.8) is 0 Å². The van der Waals surface area contributed by atoms with Crippen molar-refractivity contribution in [2.75, 3.05) is 5.75 Å². The molecule has 1 atom stereocenters. The summed E-state index contributed by atoms with van der Waals surface area (Å²) in [4.78, 5) is 18.9. The lowest BCUT2D eigenvalue weighted by Crippen LogP contribution is -2.36. The van der Waals surface area contributed by atoms with Gasteiger partial charge in [0.2, 0.25) is 5.91 Å². The highest BCUT2D eigenvalue weighted by atomic mass is 32.2. The molecule has 0 fully saturated rings. The minimum absolute atomic E-state index is 0.472. The molecule has 0 saturated carbocycles. The number of aromatic nitrogens is 2. The molecule has 0 spiro atoms. The third-order valence-electron chi connectivity index (χ3n) is 1.80. The summed E-state index contributed by atoms with van der Waals surface area (Å²) in [5.41, 5.74) is 11.4. The highest BCUT2D eigenvalue weighted by Gasteiger charge is 2.08. The lowest BCUT2D eigenvalue weighted by Gasteiger charge is -2.05. The molecule has 1 rings (SSSR count). The van der Waals surface area contributed by atoms with Crippen LogP contribution in [0.4, 0.5) is 0 Å². The Kier molecular flexibility index (Phi) is 4.51. The first-order chi connectivity index (χ1) is 7.09. The Morgan fingerprint density at radius 2 is 2.40 bits per heavy atom. The summed E-state index contributed by atoms with van der Waals surface area (Å²) >= 11 is 1.47. The molecule has 1 amide bonds. The zero-order valence-electron chi connectivity index (χ0n) is 8.51. The summed E-state index contributed by atoms with van der Waals surface area (Å²) in [5, 5.41) is 0.701. The van der Waals surface area contributed by atoms with Crippen LogP contribution in [0.15, 0.2) is 17.4 Å². The molecule has 4 N–H and O–H groups in total. The van der Waals surface area contributed by atoms with Crippen molar-refractivity contribution in [1.29, 1.82) is 0 Å². The summed E-state index contributed by atoms with van der Waals surface area (Å²) in [6, 6.07) is 1.25. The summed E-state index contributed by atoms with van der Waals surface area (Å²) in [5.74, 6) is 0.217. The molecule has 0 aliphatic heterocycles. The molecular weight excluding hydrogens is 212 g/mol. The number of hydrogen-bond acceptors (Lipinski definition) is 5. The van der Waals surface area contributed by atoms with Gasteiger partial charge in [-0.05, 0) is 19.4 Å². The lowest BCUT2D eigenvalue weighted by atomic mass is 10.2. The molecule has 0 bridgehead atoms. The van der Waals surface area contributed by atoms with Crippen molar-refractivity contribution in [1.82, 2.24) is 9.97 Å². The van der Waals surface area contributed by atoms with Gasteiger partial charge in [-0.2, -0.15) is 0 Å². The minimum atomic E-state index is -0.581. The standard InChI is InChI=1S/C9H14N4OS/c1-6-2-4-12-9(13-6)15-5-3-7(10)8(11)14/h2,4,7H,3,5,10H2,1H3,(H2,11,14). The van der Waals surface area contributed by atoms with E-state index in [0.29, 0.717) is 17.3 Å². The molecule has 15 heavy (non-hydrogen) atoms. The van der Waals surface area contributed by atoms with Crippen molar-refractivity contribution < 1.29 is 4.79 Å². The molecular formula is C9H14N4OS. The van der Waals surface area contributed by atoms with E-state index in [1.54, 1.807) is 6.20 Å². The first-order valence-corrected chi connectivity index (χ1v) is 5.55. The Morgan fingerprint density at radius 3 is 3.00 bits per heavy atom. The quantitative estimate of drug-likeness (QED) is 0.547. The molecule has 1 aromatic heterocycles. The molecule has 6 heteroatoms. The van der Waals surface area contributed by atoms with Gasteiger partial charge < -0.3 is 11.5 Å². The number of thioether (sulfide) groups is 1. The van der Waals surface area contributed by atoms with Crippen LogP contribution in [0.3, 0.4) is 0 Å². The molecule has 0 aliphatic carbocycles. The van der Waals surface area contributed by atoms with Crippen molar-refractivity contribution in [2.45, 2.75) is 24.5 Å². The first-order valence-electron chi connectivity index (χ1n) is 4.57. The number of hydrogen-bond donors (Lipinski definition) is 2. The second-order valence-electron chi connectivity index (χ2n) is 3.13. The van der Waals surface area contributed by atoms with Crippen LogP contribution in [0.5, 0.6) is 0 Å². The van der Waals surface area contributed by atoms with Crippen LogP contribution in [-0.4, -0.2) is 27.7 Å². The number of rotatable bonds is 5. The van der Waals surface area contributed by atoms with Crippen molar-refractivity contribution in [3.05, 3.63) is 18.0 Å². The van der Waals surface area contributed by atoms with Crippen molar-refractivity contribution >= 4 is 17.7 Å². The molecule has 0 aromatic carbocycles. The number of amides is 1. The molecule has 1 aromatic rings. The van der Waals surface area contributed by atoms with Crippen LogP contribution in [0.1, 0.15) is 12.1 Å². The highest BCUT2D eigenvalue weighted by Crippen LogP contribution is 2.13. The number of carbonyl (C=O) groups excluding carboxylic acids is 1. The van der Waals surface area contributed by atoms with E-state index < -0.39 is 11.9 Å². The second kappa shape index (κ2) is 5.67. The Morgan fingerprint density at radius 1 is 1.67 bits per heavy atom. The second-order valence-corrected chi connectivity index (χ2v) is 4.19. The van der Waals surface area contributed by atoms with Crippen LogP contribution in [0.25, 0.3) is 0 Å². The van der Waals surface area contributed by atoms with Gasteiger partial charge in [-0.15, -0.1) is 0 Å². The Labute approximate surface area is 92.7 Å². The Bertz CT molecular complexity index is 345. The zero-order valence-corrected chi connectivity index (χ0v) is 9.33. The van der Waals surface area contributed by atoms with Gasteiger partial charge in [0.15, 0.2) is 5.16 Å². The van der Waals surface area contributed by atoms with Gasteiger partial charge >= 0.3 is 0 Å². The van der Waals surface area contributed by atoms with E-state index in [-0.39, 0.29) is 0 Å². The number of carbonyl (C=O) groups is 1. The molecule has 5 nitrogen and oxygen atoms in total. The maximum atomic E-state index is 10.7. The Balaban J connectivity index is 2.35. The van der Waals surface area contributed by atoms with Crippen LogP contribution >= 0.6 is 11.8 Å². The monoisotopic (exact) mass is 226 g/mol. The normalized spacial score (nSPS) is 12.4. The smallest absolute Gasteiger partial charge is 0.234 e. The summed E-state index contributed by atoms with van der Waals surface area (Å²) in [6.45, 7) is 1.90. The number of primary amides is 1. The van der Waals surface area contributed by atoms with Gasteiger partial charge in [0.25, 0.3) is 0 Å². The van der Waals surface area contributed by atoms with Gasteiger partial charge in [0, 0.05) is 17.6 Å². The van der Waals surface area contributed by atoms with Gasteiger partial charge in [-0.25, -0.2) is 9.97 Å². The minimum Gasteiger partial charge on any atom is -0.368 e. The van der Waals surface area contributed by atoms with E-state index in [2.05, 4.69) is 9.97 Å². The first kappa shape index (κ1) is 11.9. The lowest BCUT2D eigenvalue weighted by molar-refractivity contribution is -0.119. The fourth-order valence-corrected chi connectivity index (χ4v) is 1.81. The molecule has 0 saturated heterocycles. The van der Waals surface area contributed by atoms with E-state index in [1.165, 1.54) is 11.8 Å². The van der Waals surface area contributed by atoms with Crippen molar-refractivity contribution in [3.8, 4) is 0 Å². The number of nitrogens with zero attached hydrogens (tertiary/aromatic N) is 2. The predicted molar refractivity (Wildman–Crippen MR) is 59.3 cm³/mol. The summed E-state index contributed by atoms with van der Waals surface area (Å²) in [6.07, 6.45) is 2.25. The number of aryl methyl sites for hydroxylation is 1. The third-order valence-corrected chi connectivity index (χ3v) is 2.69. The maximum Gasteiger partial charge on any atom is 0.234 e. The molecule has 0 aliphatic rings. The van der Waals surface area contributed by atoms with E-state index in [4.69, 9.17) is 11.5 Å². The van der Waals surface area contributed by atoms with E-state index in [9.17, 15) is 4.79 Å². The fraction of sp³-hybridized carbons (Fsp3) is 0.444. The molecule has 82 valence electrons. The molecule has 0 radical (unpaired) electrons. The molecule has 1 unspecified atom stereocenters. The Hall–Kier alpha value is -1.14. The maximum absolute atomic E-state index is 10.7.